The highest BCUT2D eigenvalue weighted by molar-refractivity contribution is 9.10. The van der Waals surface area contributed by atoms with Crippen LogP contribution in [0.3, 0.4) is 0 Å². The molecule has 3 aromatic carbocycles. The molecular weight excluding hydrogens is 470 g/mol. The number of hydrogen-bond acceptors (Lipinski definition) is 3. The van der Waals surface area contributed by atoms with E-state index in [2.05, 4.69) is 21.2 Å². The number of hydrogen-bond donors (Lipinski definition) is 2. The van der Waals surface area contributed by atoms with Crippen molar-refractivity contribution in [2.45, 2.75) is 25.7 Å². The Labute approximate surface area is 195 Å². The zero-order chi connectivity index (χ0) is 22.9. The number of amides is 1. The van der Waals surface area contributed by atoms with Gasteiger partial charge in [-0.1, -0.05) is 61.5 Å². The van der Waals surface area contributed by atoms with Crippen molar-refractivity contribution in [1.82, 2.24) is 5.32 Å². The van der Waals surface area contributed by atoms with E-state index in [1.54, 1.807) is 24.3 Å². The Morgan fingerprint density at radius 1 is 1.00 bits per heavy atom. The number of carbonyl (C=O) groups excluding carboxylic acids is 1. The average molecular weight is 494 g/mol. The molecule has 164 valence electrons. The zero-order valence-electron chi connectivity index (χ0n) is 17.6. The Kier molecular flexibility index (Phi) is 8.22. The molecule has 0 aliphatic carbocycles. The Bertz CT molecular complexity index is 1090. The topological polar surface area (TPSA) is 75.6 Å². The predicted octanol–water partition coefficient (Wildman–Crippen LogP) is 6.37. The molecule has 0 aromatic heterocycles. The lowest BCUT2D eigenvalue weighted by Gasteiger charge is -2.15. The van der Waals surface area contributed by atoms with Gasteiger partial charge in [0.05, 0.1) is 4.47 Å². The predicted molar refractivity (Wildman–Crippen MR) is 129 cm³/mol. The second-order valence-electron chi connectivity index (χ2n) is 7.23. The first-order chi connectivity index (χ1) is 15.5. The molecule has 0 fully saturated rings. The van der Waals surface area contributed by atoms with Crippen LogP contribution in [-0.4, -0.2) is 17.0 Å². The monoisotopic (exact) mass is 493 g/mol. The number of nitrogens with one attached hydrogen (secondary N) is 1. The summed E-state index contributed by atoms with van der Waals surface area (Å²) in [6.07, 6.45) is 2.43. The van der Waals surface area contributed by atoms with Crippen LogP contribution in [-0.2, 0) is 9.59 Å². The Hall–Kier alpha value is -3.38. The summed E-state index contributed by atoms with van der Waals surface area (Å²) in [4.78, 5) is 24.2. The Morgan fingerprint density at radius 3 is 2.28 bits per heavy atom. The molecule has 32 heavy (non-hydrogen) atoms. The first-order valence-corrected chi connectivity index (χ1v) is 11.1. The first kappa shape index (κ1) is 23.3. The van der Waals surface area contributed by atoms with E-state index in [-0.39, 0.29) is 23.9 Å². The second kappa shape index (κ2) is 11.3. The third-order valence-corrected chi connectivity index (χ3v) is 5.61. The Balaban J connectivity index is 1.68. The minimum Gasteiger partial charge on any atom is -0.477 e. The van der Waals surface area contributed by atoms with Crippen molar-refractivity contribution in [3.63, 3.8) is 0 Å². The molecule has 0 spiro atoms. The van der Waals surface area contributed by atoms with Gasteiger partial charge in [0.2, 0.25) is 5.91 Å². The van der Waals surface area contributed by atoms with Crippen LogP contribution in [0.2, 0.25) is 0 Å². The number of benzene rings is 3. The number of carboxylic acids is 1. The van der Waals surface area contributed by atoms with Crippen LogP contribution >= 0.6 is 15.9 Å². The molecule has 0 aliphatic heterocycles. The lowest BCUT2D eigenvalue weighted by molar-refractivity contribution is -0.134. The first-order valence-electron chi connectivity index (χ1n) is 10.3. The van der Waals surface area contributed by atoms with Crippen LogP contribution in [0.15, 0.2) is 89.0 Å². The van der Waals surface area contributed by atoms with Gasteiger partial charge >= 0.3 is 5.97 Å². The van der Waals surface area contributed by atoms with Gasteiger partial charge in [-0.05, 0) is 69.7 Å². The van der Waals surface area contributed by atoms with Gasteiger partial charge in [0.25, 0.3) is 0 Å². The van der Waals surface area contributed by atoms with Crippen molar-refractivity contribution >= 4 is 33.9 Å². The SMILES string of the molecule is CCC(CC(=O)NC(=Cc1ccc(Oc2ccccc2Br)cc1)C(=O)O)c1ccccc1. The maximum absolute atomic E-state index is 12.5. The molecule has 0 bridgehead atoms. The summed E-state index contributed by atoms with van der Waals surface area (Å²) in [6.45, 7) is 2.01. The van der Waals surface area contributed by atoms with E-state index < -0.39 is 5.97 Å². The number of para-hydroxylation sites is 1. The fraction of sp³-hybridized carbons (Fsp3) is 0.154. The third-order valence-electron chi connectivity index (χ3n) is 4.96. The number of ether oxygens (including phenoxy) is 1. The van der Waals surface area contributed by atoms with Gasteiger partial charge in [-0.15, -0.1) is 0 Å². The molecule has 0 aliphatic rings. The number of rotatable bonds is 9. The molecule has 1 amide bonds. The van der Waals surface area contributed by atoms with E-state index in [0.29, 0.717) is 17.1 Å². The van der Waals surface area contributed by atoms with Crippen LogP contribution in [0.4, 0.5) is 0 Å². The lowest BCUT2D eigenvalue weighted by Crippen LogP contribution is -2.28. The highest BCUT2D eigenvalue weighted by Gasteiger charge is 2.17. The van der Waals surface area contributed by atoms with Crippen LogP contribution < -0.4 is 10.1 Å². The smallest absolute Gasteiger partial charge is 0.352 e. The summed E-state index contributed by atoms with van der Waals surface area (Å²) < 4.78 is 6.66. The fourth-order valence-electron chi connectivity index (χ4n) is 3.25. The molecular formula is C26H24BrNO4. The van der Waals surface area contributed by atoms with E-state index in [0.717, 1.165) is 16.5 Å². The van der Waals surface area contributed by atoms with Crippen molar-refractivity contribution in [3.8, 4) is 11.5 Å². The minimum absolute atomic E-state index is 0.0278. The van der Waals surface area contributed by atoms with Gasteiger partial charge in [0.15, 0.2) is 0 Å². The van der Waals surface area contributed by atoms with E-state index in [4.69, 9.17) is 4.74 Å². The van der Waals surface area contributed by atoms with Crippen molar-refractivity contribution in [2.75, 3.05) is 0 Å². The Morgan fingerprint density at radius 2 is 1.66 bits per heavy atom. The van der Waals surface area contributed by atoms with Gasteiger partial charge in [-0.3, -0.25) is 4.79 Å². The van der Waals surface area contributed by atoms with Crippen LogP contribution in [0.5, 0.6) is 11.5 Å². The van der Waals surface area contributed by atoms with Gasteiger partial charge in [0.1, 0.15) is 17.2 Å². The summed E-state index contributed by atoms with van der Waals surface area (Å²) in [7, 11) is 0. The number of aliphatic carboxylic acids is 1. The highest BCUT2D eigenvalue weighted by atomic mass is 79.9. The molecule has 6 heteroatoms. The van der Waals surface area contributed by atoms with Crippen molar-refractivity contribution in [1.29, 1.82) is 0 Å². The standard InChI is InChI=1S/C26H24BrNO4/c1-2-19(20-8-4-3-5-9-20)17-25(29)28-23(26(30)31)16-18-12-14-21(15-13-18)32-24-11-7-6-10-22(24)27/h3-16,19H,2,17H2,1H3,(H,28,29)(H,30,31). The largest absolute Gasteiger partial charge is 0.477 e. The second-order valence-corrected chi connectivity index (χ2v) is 8.09. The number of halogens is 1. The van der Waals surface area contributed by atoms with E-state index in [9.17, 15) is 14.7 Å². The molecule has 0 saturated heterocycles. The van der Waals surface area contributed by atoms with Crippen molar-refractivity contribution in [2.24, 2.45) is 0 Å². The summed E-state index contributed by atoms with van der Waals surface area (Å²) in [5.41, 5.74) is 1.53. The molecule has 1 unspecified atom stereocenters. The normalized spacial score (nSPS) is 12.1. The molecule has 1 atom stereocenters. The average Bonchev–Trinajstić information content (AvgIpc) is 2.80. The quantitative estimate of drug-likeness (QED) is 0.339. The minimum atomic E-state index is -1.19. The maximum atomic E-state index is 12.5. The van der Waals surface area contributed by atoms with Crippen LogP contribution in [0, 0.1) is 0 Å². The summed E-state index contributed by atoms with van der Waals surface area (Å²) in [5.74, 6) is -0.204. The molecule has 3 rings (SSSR count). The summed E-state index contributed by atoms with van der Waals surface area (Å²) >= 11 is 3.44. The molecule has 5 nitrogen and oxygen atoms in total. The highest BCUT2D eigenvalue weighted by Crippen LogP contribution is 2.29. The molecule has 0 saturated carbocycles. The van der Waals surface area contributed by atoms with Gasteiger partial charge in [0, 0.05) is 6.42 Å². The zero-order valence-corrected chi connectivity index (χ0v) is 19.2. The lowest BCUT2D eigenvalue weighted by atomic mass is 9.93. The molecule has 2 N–H and O–H groups in total. The summed E-state index contributed by atoms with van der Waals surface area (Å²) in [5, 5.41) is 12.1. The van der Waals surface area contributed by atoms with E-state index in [1.807, 2.05) is 61.5 Å². The van der Waals surface area contributed by atoms with Crippen LogP contribution in [0.25, 0.3) is 6.08 Å². The molecule has 0 heterocycles. The fourth-order valence-corrected chi connectivity index (χ4v) is 3.62. The van der Waals surface area contributed by atoms with E-state index >= 15 is 0 Å². The number of carbonyl (C=O) groups is 2. The van der Waals surface area contributed by atoms with Gasteiger partial charge < -0.3 is 15.2 Å². The summed E-state index contributed by atoms with van der Waals surface area (Å²) in [6, 6.07) is 24.2. The van der Waals surface area contributed by atoms with Crippen molar-refractivity contribution in [3.05, 3.63) is 100 Å². The van der Waals surface area contributed by atoms with Gasteiger partial charge in [-0.25, -0.2) is 4.79 Å². The van der Waals surface area contributed by atoms with Crippen LogP contribution in [0.1, 0.15) is 36.8 Å². The third kappa shape index (κ3) is 6.56. The van der Waals surface area contributed by atoms with Gasteiger partial charge in [-0.2, -0.15) is 0 Å². The van der Waals surface area contributed by atoms with Crippen molar-refractivity contribution < 1.29 is 19.4 Å². The number of carboxylic acid groups (broad SMARTS) is 1. The maximum Gasteiger partial charge on any atom is 0.352 e. The van der Waals surface area contributed by atoms with E-state index in [1.165, 1.54) is 6.08 Å². The molecule has 0 radical (unpaired) electrons. The molecule has 3 aromatic rings.